The summed E-state index contributed by atoms with van der Waals surface area (Å²) in [5.74, 6) is -0.699. The van der Waals surface area contributed by atoms with E-state index < -0.39 is 24.2 Å². The first kappa shape index (κ1) is 15.1. The molecule has 0 radical (unpaired) electrons. The molecule has 4 nitrogen and oxygen atoms in total. The van der Waals surface area contributed by atoms with Crippen molar-refractivity contribution < 1.29 is 23.1 Å². The summed E-state index contributed by atoms with van der Waals surface area (Å²) in [5.41, 5.74) is -3.28. The van der Waals surface area contributed by atoms with Crippen LogP contribution in [0.5, 0.6) is 0 Å². The molecule has 112 valence electrons. The summed E-state index contributed by atoms with van der Waals surface area (Å²) in [5, 5.41) is 12.1. The second kappa shape index (κ2) is 5.61. The van der Waals surface area contributed by atoms with E-state index in [1.165, 1.54) is 30.6 Å². The molecule has 1 unspecified atom stereocenters. The predicted molar refractivity (Wildman–Crippen MR) is 69.5 cm³/mol. The molecule has 0 aliphatic carbocycles. The van der Waals surface area contributed by atoms with Crippen LogP contribution in [-0.4, -0.2) is 28.7 Å². The van der Waals surface area contributed by atoms with E-state index in [4.69, 9.17) is 0 Å². The Balaban J connectivity index is 2.20. The number of aromatic nitrogens is 1. The summed E-state index contributed by atoms with van der Waals surface area (Å²) in [6.07, 6.45) is -2.09. The lowest BCUT2D eigenvalue weighted by Crippen LogP contribution is -2.51. The summed E-state index contributed by atoms with van der Waals surface area (Å²) in [6, 6.07) is 8.06. The average molecular weight is 298 g/mol. The van der Waals surface area contributed by atoms with Gasteiger partial charge in [0.15, 0.2) is 0 Å². The monoisotopic (exact) mass is 298 g/mol. The molecule has 2 rings (SSSR count). The van der Waals surface area contributed by atoms with Gasteiger partial charge in [0.2, 0.25) is 5.60 Å². The Morgan fingerprint density at radius 3 is 2.38 bits per heavy atom. The molecule has 0 bridgehead atoms. The molecule has 1 heterocycles. The maximum absolute atomic E-state index is 13.2. The normalized spacial score (nSPS) is 14.5. The maximum Gasteiger partial charge on any atom is 0.423 e. The van der Waals surface area contributed by atoms with Gasteiger partial charge in [-0.05, 0) is 11.6 Å². The van der Waals surface area contributed by atoms with Crippen molar-refractivity contribution in [2.24, 2.45) is 0 Å². The highest BCUT2D eigenvalue weighted by molar-refractivity contribution is 5.94. The van der Waals surface area contributed by atoms with E-state index in [1.54, 1.807) is 6.07 Å². The van der Waals surface area contributed by atoms with Gasteiger partial charge in [0.25, 0.3) is 5.91 Å². The minimum Gasteiger partial charge on any atom is -0.375 e. The quantitative estimate of drug-likeness (QED) is 0.810. The van der Waals surface area contributed by atoms with Crippen LogP contribution >= 0.6 is 0 Å². The lowest BCUT2D eigenvalue weighted by molar-refractivity contribution is -0.263. The van der Waals surface area contributed by atoms with Gasteiger partial charge in [0.1, 0.15) is 0 Å². The van der Waals surface area contributed by atoms with Gasteiger partial charge in [-0.15, -0.1) is 0 Å². The molecule has 21 heavy (non-hydrogen) atoms. The minimum atomic E-state index is -4.92. The zero-order valence-corrected chi connectivity index (χ0v) is 10.8. The van der Waals surface area contributed by atoms with Crippen LogP contribution in [0.15, 0.2) is 48.8 Å². The summed E-state index contributed by atoms with van der Waals surface area (Å²) >= 11 is 0. The van der Waals surface area contributed by atoms with Crippen LogP contribution in [0.4, 0.5) is 13.2 Å². The van der Waals surface area contributed by atoms with E-state index in [2.05, 4.69) is 10.3 Å². The summed E-state index contributed by atoms with van der Waals surface area (Å²) in [7, 11) is 0. The Bertz CT molecular complexity index is 596. The second-order valence-electron chi connectivity index (χ2n) is 4.51. The lowest BCUT2D eigenvalue weighted by Gasteiger charge is -2.31. The first-order valence-electron chi connectivity index (χ1n) is 6.10. The van der Waals surface area contributed by atoms with Gasteiger partial charge in [-0.25, -0.2) is 0 Å². The van der Waals surface area contributed by atoms with Crippen molar-refractivity contribution in [2.75, 3.05) is 6.54 Å². The summed E-state index contributed by atoms with van der Waals surface area (Å²) < 4.78 is 39.5. The number of hydrogen-bond donors (Lipinski definition) is 3. The standard InChI is InChI=1S/C14H13F3N2O2/c15-14(16,17)13(21,11-4-2-1-3-5-11)9-19-12(20)10-6-7-18-8-10/h1-8,18,21H,9H2,(H,19,20). The van der Waals surface area contributed by atoms with E-state index in [9.17, 15) is 23.1 Å². The molecule has 2 aromatic rings. The van der Waals surface area contributed by atoms with Gasteiger partial charge in [0, 0.05) is 12.4 Å². The van der Waals surface area contributed by atoms with Crippen molar-refractivity contribution in [1.29, 1.82) is 0 Å². The fourth-order valence-corrected chi connectivity index (χ4v) is 1.86. The Labute approximate surface area is 118 Å². The lowest BCUT2D eigenvalue weighted by atomic mass is 9.93. The Hall–Kier alpha value is -2.28. The number of aliphatic hydroxyl groups is 1. The number of H-pyrrole nitrogens is 1. The van der Waals surface area contributed by atoms with E-state index >= 15 is 0 Å². The Morgan fingerprint density at radius 1 is 1.19 bits per heavy atom. The predicted octanol–water partition coefficient (Wildman–Crippen LogP) is 2.19. The first-order valence-corrected chi connectivity index (χ1v) is 6.10. The Kier molecular flexibility index (Phi) is 4.04. The smallest absolute Gasteiger partial charge is 0.375 e. The van der Waals surface area contributed by atoms with Gasteiger partial charge >= 0.3 is 6.18 Å². The zero-order chi connectivity index (χ0) is 15.5. The van der Waals surface area contributed by atoms with Crippen LogP contribution in [0.1, 0.15) is 15.9 Å². The van der Waals surface area contributed by atoms with Crippen molar-refractivity contribution in [1.82, 2.24) is 10.3 Å². The van der Waals surface area contributed by atoms with Crippen molar-refractivity contribution in [3.63, 3.8) is 0 Å². The number of alkyl halides is 3. The van der Waals surface area contributed by atoms with E-state index in [0.717, 1.165) is 12.1 Å². The van der Waals surface area contributed by atoms with Crippen LogP contribution in [0.2, 0.25) is 0 Å². The van der Waals surface area contributed by atoms with Crippen LogP contribution in [0.3, 0.4) is 0 Å². The highest BCUT2D eigenvalue weighted by Crippen LogP contribution is 2.38. The third-order valence-electron chi connectivity index (χ3n) is 3.09. The summed E-state index contributed by atoms with van der Waals surface area (Å²) in [4.78, 5) is 14.3. The van der Waals surface area contributed by atoms with Gasteiger partial charge < -0.3 is 15.4 Å². The van der Waals surface area contributed by atoms with Gasteiger partial charge in [0.05, 0.1) is 12.1 Å². The molecular weight excluding hydrogens is 285 g/mol. The van der Waals surface area contributed by atoms with Crippen molar-refractivity contribution >= 4 is 5.91 Å². The number of hydrogen-bond acceptors (Lipinski definition) is 2. The number of benzene rings is 1. The fourth-order valence-electron chi connectivity index (χ4n) is 1.86. The molecule has 1 atom stereocenters. The van der Waals surface area contributed by atoms with Crippen LogP contribution in [0, 0.1) is 0 Å². The molecule has 1 aromatic heterocycles. The number of halogens is 3. The van der Waals surface area contributed by atoms with Crippen molar-refractivity contribution in [3.8, 4) is 0 Å². The molecule has 0 aliphatic rings. The van der Waals surface area contributed by atoms with Gasteiger partial charge in [-0.1, -0.05) is 30.3 Å². The topological polar surface area (TPSA) is 65.1 Å². The number of aromatic amines is 1. The minimum absolute atomic E-state index is 0.188. The van der Waals surface area contributed by atoms with Gasteiger partial charge in [-0.3, -0.25) is 4.79 Å². The molecule has 0 aliphatic heterocycles. The van der Waals surface area contributed by atoms with Crippen molar-refractivity contribution in [3.05, 3.63) is 59.9 Å². The number of amides is 1. The van der Waals surface area contributed by atoms with Crippen LogP contribution in [0.25, 0.3) is 0 Å². The fraction of sp³-hybridized carbons (Fsp3) is 0.214. The average Bonchev–Trinajstić information content (AvgIpc) is 2.98. The molecule has 0 spiro atoms. The number of nitrogens with one attached hydrogen (secondary N) is 2. The number of carbonyl (C=O) groups is 1. The van der Waals surface area contributed by atoms with E-state index in [0.29, 0.717) is 0 Å². The molecule has 1 aromatic carbocycles. The Morgan fingerprint density at radius 2 is 1.86 bits per heavy atom. The third kappa shape index (κ3) is 3.08. The van der Waals surface area contributed by atoms with Gasteiger partial charge in [-0.2, -0.15) is 13.2 Å². The van der Waals surface area contributed by atoms with Crippen LogP contribution < -0.4 is 5.32 Å². The number of carbonyl (C=O) groups excluding carboxylic acids is 1. The molecule has 0 saturated heterocycles. The largest absolute Gasteiger partial charge is 0.423 e. The molecule has 7 heteroatoms. The van der Waals surface area contributed by atoms with E-state index in [1.807, 2.05) is 0 Å². The second-order valence-corrected chi connectivity index (χ2v) is 4.51. The molecule has 0 fully saturated rings. The molecular formula is C14H13F3N2O2. The molecule has 1 amide bonds. The van der Waals surface area contributed by atoms with Crippen molar-refractivity contribution in [2.45, 2.75) is 11.8 Å². The third-order valence-corrected chi connectivity index (χ3v) is 3.09. The van der Waals surface area contributed by atoms with Crippen LogP contribution in [-0.2, 0) is 5.60 Å². The molecule has 0 saturated carbocycles. The zero-order valence-electron chi connectivity index (χ0n) is 10.8. The highest BCUT2D eigenvalue weighted by atomic mass is 19.4. The summed E-state index contributed by atoms with van der Waals surface area (Å²) in [6.45, 7) is -0.968. The first-order chi connectivity index (χ1) is 9.84. The SMILES string of the molecule is O=C(NCC(O)(c1ccccc1)C(F)(F)F)c1cc[nH]c1. The maximum atomic E-state index is 13.2. The molecule has 3 N–H and O–H groups in total. The number of rotatable bonds is 4. The highest BCUT2D eigenvalue weighted by Gasteiger charge is 2.55. The van der Waals surface area contributed by atoms with E-state index in [-0.39, 0.29) is 11.1 Å².